The Kier molecular flexibility index (Phi) is 7.91. The molecule has 0 aliphatic rings. The molecule has 0 saturated carbocycles. The van der Waals surface area contributed by atoms with Crippen LogP contribution in [-0.4, -0.2) is 56.7 Å². The number of aromatic nitrogens is 4. The van der Waals surface area contributed by atoms with E-state index in [1.807, 2.05) is 0 Å². The highest BCUT2D eigenvalue weighted by atomic mass is 19.3. The fourth-order valence-electron chi connectivity index (χ4n) is 3.44. The van der Waals surface area contributed by atoms with Crippen molar-refractivity contribution in [3.05, 3.63) is 57.6 Å². The summed E-state index contributed by atoms with van der Waals surface area (Å²) in [5, 5.41) is 16.7. The Labute approximate surface area is 208 Å². The number of nitrogens with one attached hydrogen (secondary N) is 1. The van der Waals surface area contributed by atoms with Gasteiger partial charge in [0.25, 0.3) is 12.3 Å². The lowest BCUT2D eigenvalue weighted by Crippen LogP contribution is -2.29. The van der Waals surface area contributed by atoms with E-state index in [4.69, 9.17) is 9.47 Å². The first-order valence-corrected chi connectivity index (χ1v) is 10.8. The fourth-order valence-corrected chi connectivity index (χ4v) is 3.44. The summed E-state index contributed by atoms with van der Waals surface area (Å²) < 4.78 is 66.9. The molecule has 2 N–H and O–H groups in total. The summed E-state index contributed by atoms with van der Waals surface area (Å²) in [5.74, 6) is -2.90. The molecule has 0 aliphatic carbocycles. The van der Waals surface area contributed by atoms with Gasteiger partial charge in [0, 0.05) is 19.3 Å². The minimum atomic E-state index is -3.28. The van der Waals surface area contributed by atoms with Gasteiger partial charge in [0.15, 0.2) is 11.9 Å². The number of carbonyl (C=O) groups excluding carboxylic acids is 1. The lowest BCUT2D eigenvalue weighted by Gasteiger charge is -2.19. The minimum absolute atomic E-state index is 0.0290. The Bertz CT molecular complexity index is 1370. The third kappa shape index (κ3) is 5.58. The molecule has 0 bridgehead atoms. The average Bonchev–Trinajstić information content (AvgIpc) is 3.13. The van der Waals surface area contributed by atoms with Gasteiger partial charge in [-0.3, -0.25) is 9.36 Å². The Balaban J connectivity index is 2.18. The molecule has 2 heterocycles. The van der Waals surface area contributed by atoms with E-state index in [1.165, 1.54) is 34.2 Å². The van der Waals surface area contributed by atoms with Gasteiger partial charge >= 0.3 is 5.69 Å². The summed E-state index contributed by atoms with van der Waals surface area (Å²) in [6, 6.07) is 2.98. The molecule has 1 aromatic carbocycles. The van der Waals surface area contributed by atoms with Gasteiger partial charge in [-0.15, -0.1) is 5.10 Å². The fraction of sp³-hybridized carbons (Fsp3) is 0.391. The number of hydrogen-bond donors (Lipinski definition) is 2. The van der Waals surface area contributed by atoms with Gasteiger partial charge in [-0.25, -0.2) is 27.3 Å². The first-order valence-electron chi connectivity index (χ1n) is 10.8. The summed E-state index contributed by atoms with van der Waals surface area (Å²) in [7, 11) is 2.59. The number of ether oxygens (including phenoxy) is 2. The molecule has 0 fully saturated rings. The number of anilines is 1. The normalized spacial score (nSPS) is 12.5. The maximum atomic E-state index is 15.3. The quantitative estimate of drug-likeness (QED) is 0.411. The molecule has 10 nitrogen and oxygen atoms in total. The van der Waals surface area contributed by atoms with Crippen LogP contribution < -0.4 is 20.5 Å². The van der Waals surface area contributed by atoms with Crippen LogP contribution in [0.1, 0.15) is 35.6 Å². The van der Waals surface area contributed by atoms with Crippen molar-refractivity contribution in [3.63, 3.8) is 0 Å². The van der Waals surface area contributed by atoms with E-state index < -0.39 is 59.2 Å². The Morgan fingerprint density at radius 3 is 2.51 bits per heavy atom. The van der Waals surface area contributed by atoms with E-state index in [2.05, 4.69) is 15.4 Å². The van der Waals surface area contributed by atoms with Crippen molar-refractivity contribution in [2.24, 2.45) is 7.05 Å². The van der Waals surface area contributed by atoms with Crippen LogP contribution in [-0.2, 0) is 12.6 Å². The van der Waals surface area contributed by atoms with Crippen molar-refractivity contribution in [2.75, 3.05) is 19.1 Å². The number of amides is 1. The van der Waals surface area contributed by atoms with E-state index in [9.17, 15) is 27.9 Å². The van der Waals surface area contributed by atoms with E-state index in [-0.39, 0.29) is 17.4 Å². The van der Waals surface area contributed by atoms with Crippen LogP contribution in [0.4, 0.5) is 23.2 Å². The number of benzene rings is 1. The number of aryl methyl sites for hydroxylation is 1. The smallest absolute Gasteiger partial charge is 0.350 e. The highest BCUT2D eigenvalue weighted by Gasteiger charge is 2.30. The van der Waals surface area contributed by atoms with Gasteiger partial charge in [0.1, 0.15) is 35.2 Å². The molecule has 0 saturated heterocycles. The van der Waals surface area contributed by atoms with E-state index in [0.717, 1.165) is 10.6 Å². The molecule has 0 radical (unpaired) electrons. The molecule has 200 valence electrons. The van der Waals surface area contributed by atoms with Crippen LogP contribution in [0, 0.1) is 12.7 Å². The third-order valence-electron chi connectivity index (χ3n) is 5.32. The molecule has 3 aromatic rings. The van der Waals surface area contributed by atoms with Crippen LogP contribution in [0.15, 0.2) is 29.2 Å². The SMILES string of the molecule is COc1nccc(C)c1NC(=O)c1cc(F)c(-n2nc(C(C)(C)O)n(C)c2=O)cc1O[C@@H](CF)C(F)F. The number of carbonyl (C=O) groups is 1. The van der Waals surface area contributed by atoms with Gasteiger partial charge in [-0.05, 0) is 38.5 Å². The monoisotopic (exact) mass is 527 g/mol. The second-order valence-electron chi connectivity index (χ2n) is 8.55. The summed E-state index contributed by atoms with van der Waals surface area (Å²) in [4.78, 5) is 29.8. The van der Waals surface area contributed by atoms with Gasteiger partial charge in [-0.1, -0.05) is 0 Å². The van der Waals surface area contributed by atoms with Crippen LogP contribution in [0.5, 0.6) is 11.6 Å². The predicted octanol–water partition coefficient (Wildman–Crippen LogP) is 2.88. The summed E-state index contributed by atoms with van der Waals surface area (Å²) in [6.07, 6.45) is -4.14. The second kappa shape index (κ2) is 10.6. The molecule has 0 aliphatic heterocycles. The largest absolute Gasteiger partial charge is 0.481 e. The molecule has 3 rings (SSSR count). The standard InChI is InChI=1S/C23H25F4N5O5/c1-11-6-7-28-20(36-5)17(11)29-19(33)12-8-13(25)14(9-15(12)37-16(10-24)18(26)27)32-22(34)31(4)21(30-32)23(2,3)35/h6-9,16,18,35H,10H2,1-5H3,(H,29,33)/t16-/m0/s1. The third-order valence-corrected chi connectivity index (χ3v) is 5.32. The van der Waals surface area contributed by atoms with E-state index in [0.29, 0.717) is 16.3 Å². The Morgan fingerprint density at radius 2 is 1.97 bits per heavy atom. The molecular weight excluding hydrogens is 502 g/mol. The van der Waals surface area contributed by atoms with Gasteiger partial charge in [0.05, 0.1) is 12.7 Å². The molecule has 2 aromatic heterocycles. The molecule has 37 heavy (non-hydrogen) atoms. The zero-order valence-corrected chi connectivity index (χ0v) is 20.6. The molecular formula is C23H25F4N5O5. The number of halogens is 4. The van der Waals surface area contributed by atoms with Gasteiger partial charge in [0.2, 0.25) is 5.88 Å². The molecule has 1 atom stereocenters. The zero-order chi connectivity index (χ0) is 27.7. The second-order valence-corrected chi connectivity index (χ2v) is 8.55. The number of rotatable bonds is 9. The maximum Gasteiger partial charge on any atom is 0.350 e. The number of aliphatic hydroxyl groups is 1. The predicted molar refractivity (Wildman–Crippen MR) is 124 cm³/mol. The van der Waals surface area contributed by atoms with Gasteiger partial charge < -0.3 is 19.9 Å². The highest BCUT2D eigenvalue weighted by molar-refractivity contribution is 6.07. The minimum Gasteiger partial charge on any atom is -0.481 e. The maximum absolute atomic E-state index is 15.3. The number of alkyl halides is 3. The zero-order valence-electron chi connectivity index (χ0n) is 20.6. The summed E-state index contributed by atoms with van der Waals surface area (Å²) in [5.41, 5.74) is -2.98. The van der Waals surface area contributed by atoms with Gasteiger partial charge in [-0.2, -0.15) is 4.68 Å². The lowest BCUT2D eigenvalue weighted by molar-refractivity contribution is -0.00159. The summed E-state index contributed by atoms with van der Waals surface area (Å²) >= 11 is 0. The molecule has 1 amide bonds. The Morgan fingerprint density at radius 1 is 1.30 bits per heavy atom. The van der Waals surface area contributed by atoms with Crippen LogP contribution in [0.25, 0.3) is 5.69 Å². The topological polar surface area (TPSA) is 120 Å². The van der Waals surface area contributed by atoms with Crippen molar-refractivity contribution in [3.8, 4) is 17.3 Å². The van der Waals surface area contributed by atoms with Crippen molar-refractivity contribution >= 4 is 11.6 Å². The van der Waals surface area contributed by atoms with E-state index in [1.54, 1.807) is 13.0 Å². The van der Waals surface area contributed by atoms with Crippen molar-refractivity contribution in [1.29, 1.82) is 0 Å². The number of methoxy groups -OCH3 is 1. The molecule has 0 spiro atoms. The van der Waals surface area contributed by atoms with E-state index >= 15 is 4.39 Å². The number of pyridine rings is 1. The molecule has 14 heteroatoms. The first kappa shape index (κ1) is 27.6. The lowest BCUT2D eigenvalue weighted by atomic mass is 10.1. The average molecular weight is 527 g/mol. The highest BCUT2D eigenvalue weighted by Crippen LogP contribution is 2.31. The van der Waals surface area contributed by atoms with Crippen LogP contribution in [0.3, 0.4) is 0 Å². The first-order chi connectivity index (χ1) is 17.3. The Hall–Kier alpha value is -3.94. The van der Waals surface area contributed by atoms with Crippen LogP contribution >= 0.6 is 0 Å². The number of nitrogens with zero attached hydrogens (tertiary/aromatic N) is 4. The van der Waals surface area contributed by atoms with Crippen LogP contribution in [0.2, 0.25) is 0 Å². The summed E-state index contributed by atoms with van der Waals surface area (Å²) in [6.45, 7) is 2.71. The molecule has 0 unspecified atom stereocenters. The van der Waals surface area contributed by atoms with Crippen molar-refractivity contribution in [2.45, 2.75) is 38.9 Å². The van der Waals surface area contributed by atoms with Crippen molar-refractivity contribution < 1.29 is 36.9 Å². The van der Waals surface area contributed by atoms with Crippen molar-refractivity contribution in [1.82, 2.24) is 19.3 Å². The number of hydrogen-bond acceptors (Lipinski definition) is 7.